The summed E-state index contributed by atoms with van der Waals surface area (Å²) in [4.78, 5) is 7.51. The minimum Gasteiger partial charge on any atom is -0.367 e. The van der Waals surface area contributed by atoms with Crippen LogP contribution < -0.4 is 10.6 Å². The summed E-state index contributed by atoms with van der Waals surface area (Å²) in [5, 5.41) is 5.73. The maximum absolute atomic E-state index is 12.7. The van der Waals surface area contributed by atoms with Crippen LogP contribution in [0.3, 0.4) is 0 Å². The monoisotopic (exact) mass is 260 g/mol. The van der Waals surface area contributed by atoms with Crippen LogP contribution >= 0.6 is 0 Å². The second kappa shape index (κ2) is 4.99. The molecule has 2 rings (SSSR count). The standard InChI is InChI=1S/C11H15F3N4/c1-2-5-15-10-17-8(11(12,13)14)6-9(18-10)16-7-3-4-7/h6-7H,2-5H2,1H3,(H2,15,16,17,18). The molecule has 0 unspecified atom stereocenters. The Hall–Kier alpha value is -1.53. The zero-order valence-corrected chi connectivity index (χ0v) is 10.0. The average molecular weight is 260 g/mol. The van der Waals surface area contributed by atoms with E-state index in [1.54, 1.807) is 0 Å². The molecule has 1 heterocycles. The molecule has 7 heteroatoms. The SMILES string of the molecule is CCCNc1nc(NC2CC2)cc(C(F)(F)F)n1. The average Bonchev–Trinajstić information content (AvgIpc) is 3.09. The van der Waals surface area contributed by atoms with Crippen LogP contribution in [0.1, 0.15) is 31.9 Å². The number of hydrogen-bond acceptors (Lipinski definition) is 4. The van der Waals surface area contributed by atoms with Crippen LogP contribution in [0.2, 0.25) is 0 Å². The molecule has 0 aromatic carbocycles. The van der Waals surface area contributed by atoms with Crippen molar-refractivity contribution in [3.05, 3.63) is 11.8 Å². The van der Waals surface area contributed by atoms with Gasteiger partial charge < -0.3 is 10.6 Å². The number of hydrogen-bond donors (Lipinski definition) is 2. The molecular weight excluding hydrogens is 245 g/mol. The van der Waals surface area contributed by atoms with E-state index < -0.39 is 11.9 Å². The van der Waals surface area contributed by atoms with E-state index in [0.29, 0.717) is 6.54 Å². The van der Waals surface area contributed by atoms with E-state index in [1.807, 2.05) is 6.92 Å². The summed E-state index contributed by atoms with van der Waals surface area (Å²) in [7, 11) is 0. The first-order chi connectivity index (χ1) is 8.49. The van der Waals surface area contributed by atoms with Crippen molar-refractivity contribution >= 4 is 11.8 Å². The molecule has 1 fully saturated rings. The second-order valence-electron chi connectivity index (χ2n) is 4.31. The Morgan fingerprint density at radius 2 is 2.06 bits per heavy atom. The largest absolute Gasteiger partial charge is 0.433 e. The molecule has 0 saturated heterocycles. The van der Waals surface area contributed by atoms with Crippen LogP contribution in [0.25, 0.3) is 0 Å². The zero-order valence-electron chi connectivity index (χ0n) is 10.0. The van der Waals surface area contributed by atoms with E-state index >= 15 is 0 Å². The normalized spacial score (nSPS) is 15.6. The lowest BCUT2D eigenvalue weighted by Crippen LogP contribution is -2.15. The van der Waals surface area contributed by atoms with Gasteiger partial charge in [-0.3, -0.25) is 0 Å². The molecule has 4 nitrogen and oxygen atoms in total. The first-order valence-corrected chi connectivity index (χ1v) is 5.95. The molecule has 2 N–H and O–H groups in total. The van der Waals surface area contributed by atoms with Gasteiger partial charge in [-0.2, -0.15) is 18.2 Å². The molecule has 0 spiro atoms. The first kappa shape index (κ1) is 12.9. The quantitative estimate of drug-likeness (QED) is 0.854. The van der Waals surface area contributed by atoms with Crippen LogP contribution in [0.5, 0.6) is 0 Å². The molecule has 1 aliphatic carbocycles. The van der Waals surface area contributed by atoms with Crippen molar-refractivity contribution < 1.29 is 13.2 Å². The summed E-state index contributed by atoms with van der Waals surface area (Å²) in [6, 6.07) is 1.20. The topological polar surface area (TPSA) is 49.8 Å². The van der Waals surface area contributed by atoms with Crippen molar-refractivity contribution in [2.75, 3.05) is 17.2 Å². The highest BCUT2D eigenvalue weighted by molar-refractivity contribution is 5.44. The van der Waals surface area contributed by atoms with E-state index in [-0.39, 0.29) is 17.8 Å². The number of halogens is 3. The van der Waals surface area contributed by atoms with Gasteiger partial charge in [-0.15, -0.1) is 0 Å². The summed E-state index contributed by atoms with van der Waals surface area (Å²) >= 11 is 0. The van der Waals surface area contributed by atoms with E-state index in [0.717, 1.165) is 25.3 Å². The van der Waals surface area contributed by atoms with Crippen LogP contribution in [0, 0.1) is 0 Å². The van der Waals surface area contributed by atoms with E-state index in [1.165, 1.54) is 0 Å². The fraction of sp³-hybridized carbons (Fsp3) is 0.636. The van der Waals surface area contributed by atoms with Gasteiger partial charge in [0.25, 0.3) is 0 Å². The summed E-state index contributed by atoms with van der Waals surface area (Å²) in [5.41, 5.74) is -0.917. The fourth-order valence-corrected chi connectivity index (χ4v) is 1.42. The lowest BCUT2D eigenvalue weighted by Gasteiger charge is -2.12. The Bertz CT molecular complexity index is 415. The summed E-state index contributed by atoms with van der Waals surface area (Å²) < 4.78 is 38.0. The number of alkyl halides is 3. The van der Waals surface area contributed by atoms with Gasteiger partial charge in [-0.1, -0.05) is 6.92 Å². The van der Waals surface area contributed by atoms with Gasteiger partial charge in [0.1, 0.15) is 5.82 Å². The van der Waals surface area contributed by atoms with E-state index in [4.69, 9.17) is 0 Å². The molecular formula is C11H15F3N4. The van der Waals surface area contributed by atoms with Crippen LogP contribution in [0.15, 0.2) is 6.07 Å². The molecule has 1 saturated carbocycles. The zero-order chi connectivity index (χ0) is 13.2. The summed E-state index contributed by atoms with van der Waals surface area (Å²) in [6.45, 7) is 2.47. The van der Waals surface area contributed by atoms with Gasteiger partial charge in [0, 0.05) is 18.7 Å². The van der Waals surface area contributed by atoms with Crippen molar-refractivity contribution in [1.29, 1.82) is 0 Å². The van der Waals surface area contributed by atoms with Crippen molar-refractivity contribution in [2.45, 2.75) is 38.4 Å². The summed E-state index contributed by atoms with van der Waals surface area (Å²) in [5.74, 6) is 0.258. The maximum atomic E-state index is 12.7. The fourth-order valence-electron chi connectivity index (χ4n) is 1.42. The van der Waals surface area contributed by atoms with Crippen molar-refractivity contribution in [2.24, 2.45) is 0 Å². The predicted molar refractivity (Wildman–Crippen MR) is 62.5 cm³/mol. The Balaban J connectivity index is 2.22. The van der Waals surface area contributed by atoms with Gasteiger partial charge in [0.05, 0.1) is 0 Å². The highest BCUT2D eigenvalue weighted by atomic mass is 19.4. The maximum Gasteiger partial charge on any atom is 0.433 e. The molecule has 0 amide bonds. The third kappa shape index (κ3) is 3.48. The lowest BCUT2D eigenvalue weighted by atomic mass is 10.3. The van der Waals surface area contributed by atoms with E-state index in [2.05, 4.69) is 20.6 Å². The van der Waals surface area contributed by atoms with E-state index in [9.17, 15) is 13.2 Å². The third-order valence-corrected chi connectivity index (χ3v) is 2.48. The van der Waals surface area contributed by atoms with Crippen molar-refractivity contribution in [1.82, 2.24) is 9.97 Å². The molecule has 0 bridgehead atoms. The highest BCUT2D eigenvalue weighted by Gasteiger charge is 2.34. The smallest absolute Gasteiger partial charge is 0.367 e. The second-order valence-corrected chi connectivity index (χ2v) is 4.31. The van der Waals surface area contributed by atoms with Gasteiger partial charge in [0.2, 0.25) is 5.95 Å². The van der Waals surface area contributed by atoms with Crippen LogP contribution in [-0.2, 0) is 6.18 Å². The van der Waals surface area contributed by atoms with Crippen molar-refractivity contribution in [3.8, 4) is 0 Å². The van der Waals surface area contributed by atoms with Gasteiger partial charge in [-0.05, 0) is 19.3 Å². The molecule has 0 aliphatic heterocycles. The van der Waals surface area contributed by atoms with Gasteiger partial charge in [0.15, 0.2) is 5.69 Å². The minimum absolute atomic E-state index is 0.0230. The number of rotatable bonds is 5. The summed E-state index contributed by atoms with van der Waals surface area (Å²) in [6.07, 6.45) is -1.71. The minimum atomic E-state index is -4.45. The molecule has 0 atom stereocenters. The van der Waals surface area contributed by atoms with Crippen LogP contribution in [-0.4, -0.2) is 22.6 Å². The van der Waals surface area contributed by atoms with Gasteiger partial charge in [-0.25, -0.2) is 4.98 Å². The number of anilines is 2. The Kier molecular flexibility index (Phi) is 3.58. The lowest BCUT2D eigenvalue weighted by molar-refractivity contribution is -0.141. The number of nitrogens with one attached hydrogen (secondary N) is 2. The Morgan fingerprint density at radius 3 is 2.61 bits per heavy atom. The Labute approximate surface area is 103 Å². The molecule has 18 heavy (non-hydrogen) atoms. The third-order valence-electron chi connectivity index (χ3n) is 2.48. The Morgan fingerprint density at radius 1 is 1.33 bits per heavy atom. The molecule has 1 aromatic rings. The molecule has 1 aromatic heterocycles. The van der Waals surface area contributed by atoms with Gasteiger partial charge >= 0.3 is 6.18 Å². The predicted octanol–water partition coefficient (Wildman–Crippen LogP) is 2.89. The first-order valence-electron chi connectivity index (χ1n) is 5.95. The number of aromatic nitrogens is 2. The number of nitrogens with zero attached hydrogens (tertiary/aromatic N) is 2. The van der Waals surface area contributed by atoms with Crippen LogP contribution in [0.4, 0.5) is 24.9 Å². The molecule has 0 radical (unpaired) electrons. The highest BCUT2D eigenvalue weighted by Crippen LogP contribution is 2.31. The van der Waals surface area contributed by atoms with Crippen molar-refractivity contribution in [3.63, 3.8) is 0 Å². The molecule has 100 valence electrons. The molecule has 1 aliphatic rings.